The van der Waals surface area contributed by atoms with E-state index in [4.69, 9.17) is 10.6 Å². The molecule has 1 fully saturated rings. The fraction of sp³-hybridized carbons (Fsp3) is 0.583. The average Bonchev–Trinajstić information content (AvgIpc) is 2.41. The molecule has 18 heavy (non-hydrogen) atoms. The molecule has 1 heterocycles. The van der Waals surface area contributed by atoms with Crippen molar-refractivity contribution in [1.82, 2.24) is 15.4 Å². The SMILES string of the molecule is Cc1cnc(O[C@H]2CC[C@H](C(=O)NN)CC2)cn1. The first kappa shape index (κ1) is 12.8. The summed E-state index contributed by atoms with van der Waals surface area (Å²) >= 11 is 0. The third kappa shape index (κ3) is 3.16. The molecule has 1 aromatic rings. The van der Waals surface area contributed by atoms with Gasteiger partial charge in [-0.05, 0) is 32.6 Å². The van der Waals surface area contributed by atoms with Crippen LogP contribution in [0.5, 0.6) is 5.88 Å². The molecule has 2 rings (SSSR count). The van der Waals surface area contributed by atoms with Gasteiger partial charge >= 0.3 is 0 Å². The van der Waals surface area contributed by atoms with Crippen LogP contribution in [-0.4, -0.2) is 22.0 Å². The summed E-state index contributed by atoms with van der Waals surface area (Å²) in [6.07, 6.45) is 6.71. The lowest BCUT2D eigenvalue weighted by atomic mass is 9.87. The second-order valence-corrected chi connectivity index (χ2v) is 4.60. The van der Waals surface area contributed by atoms with Gasteiger partial charge in [0, 0.05) is 5.92 Å². The molecule has 1 aliphatic carbocycles. The summed E-state index contributed by atoms with van der Waals surface area (Å²) in [4.78, 5) is 19.7. The molecule has 1 saturated carbocycles. The maximum Gasteiger partial charge on any atom is 0.236 e. The Morgan fingerprint density at radius 1 is 1.33 bits per heavy atom. The van der Waals surface area contributed by atoms with Crippen molar-refractivity contribution in [2.45, 2.75) is 38.7 Å². The zero-order valence-corrected chi connectivity index (χ0v) is 10.4. The molecule has 1 aliphatic rings. The molecule has 6 nitrogen and oxygen atoms in total. The van der Waals surface area contributed by atoms with Crippen LogP contribution < -0.4 is 16.0 Å². The average molecular weight is 250 g/mol. The Balaban J connectivity index is 1.83. The predicted octanol–water partition coefficient (Wildman–Crippen LogP) is 0.713. The zero-order chi connectivity index (χ0) is 13.0. The molecule has 98 valence electrons. The van der Waals surface area contributed by atoms with E-state index >= 15 is 0 Å². The molecule has 0 aliphatic heterocycles. The molecular weight excluding hydrogens is 232 g/mol. The third-order valence-corrected chi connectivity index (χ3v) is 3.23. The number of amides is 1. The second-order valence-electron chi connectivity index (χ2n) is 4.60. The van der Waals surface area contributed by atoms with Crippen LogP contribution in [0.25, 0.3) is 0 Å². The maximum absolute atomic E-state index is 11.4. The molecular formula is C12H18N4O2. The summed E-state index contributed by atoms with van der Waals surface area (Å²) in [6.45, 7) is 1.88. The summed E-state index contributed by atoms with van der Waals surface area (Å²) in [5.74, 6) is 5.61. The van der Waals surface area contributed by atoms with Gasteiger partial charge in [-0.15, -0.1) is 0 Å². The molecule has 0 spiro atoms. The van der Waals surface area contributed by atoms with Gasteiger partial charge in [0.2, 0.25) is 11.8 Å². The number of aryl methyl sites for hydroxylation is 1. The van der Waals surface area contributed by atoms with Gasteiger partial charge in [0.05, 0.1) is 18.1 Å². The first-order valence-electron chi connectivity index (χ1n) is 6.15. The number of nitrogens with one attached hydrogen (secondary N) is 1. The predicted molar refractivity (Wildman–Crippen MR) is 65.5 cm³/mol. The molecule has 0 unspecified atom stereocenters. The normalized spacial score (nSPS) is 23.4. The maximum atomic E-state index is 11.4. The van der Waals surface area contributed by atoms with Crippen molar-refractivity contribution in [3.8, 4) is 5.88 Å². The number of nitrogens with two attached hydrogens (primary N) is 1. The number of rotatable bonds is 3. The van der Waals surface area contributed by atoms with Crippen molar-refractivity contribution in [2.75, 3.05) is 0 Å². The Bertz CT molecular complexity index is 399. The van der Waals surface area contributed by atoms with Crippen molar-refractivity contribution in [1.29, 1.82) is 0 Å². The van der Waals surface area contributed by atoms with E-state index in [1.807, 2.05) is 6.92 Å². The Labute approximate surface area is 106 Å². The van der Waals surface area contributed by atoms with E-state index < -0.39 is 0 Å². The van der Waals surface area contributed by atoms with Crippen LogP contribution in [0.4, 0.5) is 0 Å². The number of hydrazine groups is 1. The minimum absolute atomic E-state index is 0.0129. The number of carbonyl (C=O) groups excluding carboxylic acids is 1. The summed E-state index contributed by atoms with van der Waals surface area (Å²) in [7, 11) is 0. The van der Waals surface area contributed by atoms with Gasteiger partial charge in [-0.3, -0.25) is 15.2 Å². The molecule has 0 radical (unpaired) electrons. The summed E-state index contributed by atoms with van der Waals surface area (Å²) < 4.78 is 5.74. The number of ether oxygens (including phenoxy) is 1. The lowest BCUT2D eigenvalue weighted by Crippen LogP contribution is -2.38. The fourth-order valence-electron chi connectivity index (χ4n) is 2.17. The summed E-state index contributed by atoms with van der Waals surface area (Å²) in [6, 6.07) is 0. The largest absolute Gasteiger partial charge is 0.473 e. The van der Waals surface area contributed by atoms with Crippen LogP contribution in [0.1, 0.15) is 31.4 Å². The van der Waals surface area contributed by atoms with Gasteiger partial charge in [-0.2, -0.15) is 0 Å². The van der Waals surface area contributed by atoms with Crippen LogP contribution in [-0.2, 0) is 4.79 Å². The molecule has 0 bridgehead atoms. The van der Waals surface area contributed by atoms with E-state index in [2.05, 4.69) is 15.4 Å². The van der Waals surface area contributed by atoms with E-state index in [1.165, 1.54) is 0 Å². The number of hydrogen-bond donors (Lipinski definition) is 2. The van der Waals surface area contributed by atoms with E-state index in [-0.39, 0.29) is 17.9 Å². The monoisotopic (exact) mass is 250 g/mol. The van der Waals surface area contributed by atoms with Crippen molar-refractivity contribution >= 4 is 5.91 Å². The van der Waals surface area contributed by atoms with E-state index in [0.29, 0.717) is 5.88 Å². The lowest BCUT2D eigenvalue weighted by molar-refractivity contribution is -0.126. The van der Waals surface area contributed by atoms with Gasteiger partial charge in [0.1, 0.15) is 6.10 Å². The molecule has 1 amide bonds. The highest BCUT2D eigenvalue weighted by molar-refractivity contribution is 5.77. The number of carbonyl (C=O) groups is 1. The number of nitrogens with zero attached hydrogens (tertiary/aromatic N) is 2. The number of hydrogen-bond acceptors (Lipinski definition) is 5. The van der Waals surface area contributed by atoms with Crippen LogP contribution in [0.15, 0.2) is 12.4 Å². The Hall–Kier alpha value is -1.69. The van der Waals surface area contributed by atoms with Gasteiger partial charge < -0.3 is 4.74 Å². The van der Waals surface area contributed by atoms with Crippen LogP contribution >= 0.6 is 0 Å². The second kappa shape index (κ2) is 5.77. The number of aromatic nitrogens is 2. The first-order valence-corrected chi connectivity index (χ1v) is 6.15. The van der Waals surface area contributed by atoms with Gasteiger partial charge in [0.15, 0.2) is 0 Å². The quantitative estimate of drug-likeness (QED) is 0.468. The third-order valence-electron chi connectivity index (χ3n) is 3.23. The van der Waals surface area contributed by atoms with E-state index in [1.54, 1.807) is 12.4 Å². The molecule has 6 heteroatoms. The first-order chi connectivity index (χ1) is 8.69. The summed E-state index contributed by atoms with van der Waals surface area (Å²) in [5, 5.41) is 0. The molecule has 0 saturated heterocycles. The minimum Gasteiger partial charge on any atom is -0.473 e. The zero-order valence-electron chi connectivity index (χ0n) is 10.4. The van der Waals surface area contributed by atoms with Crippen molar-refractivity contribution in [3.05, 3.63) is 18.1 Å². The van der Waals surface area contributed by atoms with Crippen molar-refractivity contribution < 1.29 is 9.53 Å². The van der Waals surface area contributed by atoms with E-state index in [9.17, 15) is 4.79 Å². The van der Waals surface area contributed by atoms with Crippen LogP contribution in [0.2, 0.25) is 0 Å². The van der Waals surface area contributed by atoms with Crippen molar-refractivity contribution in [3.63, 3.8) is 0 Å². The smallest absolute Gasteiger partial charge is 0.236 e. The standard InChI is InChI=1S/C12H18N4O2/c1-8-6-15-11(7-14-8)18-10-4-2-9(3-5-10)12(17)16-13/h6-7,9-10H,2-5,13H2,1H3,(H,16,17)/t9-,10-. The highest BCUT2D eigenvalue weighted by Crippen LogP contribution is 2.26. The topological polar surface area (TPSA) is 90.1 Å². The van der Waals surface area contributed by atoms with Crippen molar-refractivity contribution in [2.24, 2.45) is 11.8 Å². The Morgan fingerprint density at radius 3 is 2.61 bits per heavy atom. The fourth-order valence-corrected chi connectivity index (χ4v) is 2.17. The summed E-state index contributed by atoms with van der Waals surface area (Å²) in [5.41, 5.74) is 3.07. The molecule has 1 aromatic heterocycles. The van der Waals surface area contributed by atoms with Gasteiger partial charge in [-0.25, -0.2) is 10.8 Å². The Morgan fingerprint density at radius 2 is 2.06 bits per heavy atom. The highest BCUT2D eigenvalue weighted by atomic mass is 16.5. The highest BCUT2D eigenvalue weighted by Gasteiger charge is 2.26. The van der Waals surface area contributed by atoms with Crippen LogP contribution in [0.3, 0.4) is 0 Å². The van der Waals surface area contributed by atoms with Gasteiger partial charge in [-0.1, -0.05) is 0 Å². The van der Waals surface area contributed by atoms with E-state index in [0.717, 1.165) is 31.4 Å². The molecule has 3 N–H and O–H groups in total. The minimum atomic E-state index is -0.0800. The molecule has 0 atom stereocenters. The van der Waals surface area contributed by atoms with Gasteiger partial charge in [0.25, 0.3) is 0 Å². The Kier molecular flexibility index (Phi) is 4.09. The lowest BCUT2D eigenvalue weighted by Gasteiger charge is -2.27. The molecule has 0 aromatic carbocycles. The van der Waals surface area contributed by atoms with Crippen LogP contribution in [0, 0.1) is 12.8 Å².